The van der Waals surface area contributed by atoms with E-state index >= 15 is 0 Å². The van der Waals surface area contributed by atoms with Crippen molar-refractivity contribution < 1.29 is 4.74 Å². The Morgan fingerprint density at radius 1 is 1.23 bits per heavy atom. The molecule has 22 heavy (non-hydrogen) atoms. The molecular formula is C17H30N4O. The number of aliphatic imine (C=N–C) groups is 1. The fraction of sp³-hybridized carbons (Fsp3) is 0.588. The van der Waals surface area contributed by atoms with Crippen LogP contribution in [0, 0.1) is 5.92 Å². The molecule has 1 aromatic rings. The van der Waals surface area contributed by atoms with Crippen LogP contribution in [0.2, 0.25) is 0 Å². The number of nitrogens with one attached hydrogen (secondary N) is 2. The maximum absolute atomic E-state index is 5.32. The molecule has 1 unspecified atom stereocenters. The molecule has 124 valence electrons. The van der Waals surface area contributed by atoms with Crippen LogP contribution in [-0.2, 0) is 0 Å². The second kappa shape index (κ2) is 9.30. The summed E-state index contributed by atoms with van der Waals surface area (Å²) < 4.78 is 5.32. The molecule has 1 atom stereocenters. The number of methoxy groups -OCH3 is 1. The Hall–Kier alpha value is -1.75. The normalized spacial score (nSPS) is 13.4. The topological polar surface area (TPSA) is 48.9 Å². The lowest BCUT2D eigenvalue weighted by Gasteiger charge is -2.26. The lowest BCUT2D eigenvalue weighted by atomic mass is 10.1. The molecule has 0 aliphatic rings. The van der Waals surface area contributed by atoms with Crippen LogP contribution >= 0.6 is 0 Å². The summed E-state index contributed by atoms with van der Waals surface area (Å²) in [6.45, 7) is 6.04. The lowest BCUT2D eigenvalue weighted by Crippen LogP contribution is -2.42. The van der Waals surface area contributed by atoms with Gasteiger partial charge in [0.25, 0.3) is 0 Å². The molecule has 0 aliphatic carbocycles. The molecule has 5 nitrogen and oxygen atoms in total. The average molecular weight is 306 g/mol. The standard InChI is InChI=1S/C17H30N4O/c1-13(2)11-19-17(18-3)20-12-16(21(4)5)14-8-7-9-15(10-14)22-6/h7-10,13,16H,11-12H2,1-6H3,(H2,18,19,20). The number of likely N-dealkylation sites (N-methyl/N-ethyl adjacent to an activating group) is 1. The molecule has 0 aliphatic heterocycles. The van der Waals surface area contributed by atoms with Gasteiger partial charge < -0.3 is 20.3 Å². The summed E-state index contributed by atoms with van der Waals surface area (Å²) in [5, 5.41) is 6.73. The number of ether oxygens (including phenoxy) is 1. The average Bonchev–Trinajstić information content (AvgIpc) is 2.50. The molecule has 0 fully saturated rings. The summed E-state index contributed by atoms with van der Waals surface area (Å²) in [5.41, 5.74) is 1.22. The van der Waals surface area contributed by atoms with Gasteiger partial charge in [0.15, 0.2) is 5.96 Å². The highest BCUT2D eigenvalue weighted by Crippen LogP contribution is 2.21. The van der Waals surface area contributed by atoms with Crippen molar-refractivity contribution in [3.8, 4) is 5.75 Å². The highest BCUT2D eigenvalue weighted by atomic mass is 16.5. The minimum absolute atomic E-state index is 0.243. The van der Waals surface area contributed by atoms with Crippen molar-refractivity contribution in [2.24, 2.45) is 10.9 Å². The molecule has 0 bridgehead atoms. The van der Waals surface area contributed by atoms with Crippen molar-refractivity contribution in [2.45, 2.75) is 19.9 Å². The van der Waals surface area contributed by atoms with Gasteiger partial charge in [-0.05, 0) is 37.7 Å². The third kappa shape index (κ3) is 5.93. The molecule has 0 radical (unpaired) electrons. The first-order chi connectivity index (χ1) is 10.5. The first-order valence-corrected chi connectivity index (χ1v) is 7.72. The van der Waals surface area contributed by atoms with E-state index < -0.39 is 0 Å². The van der Waals surface area contributed by atoms with Crippen molar-refractivity contribution in [3.05, 3.63) is 29.8 Å². The molecule has 1 aromatic carbocycles. The zero-order valence-electron chi connectivity index (χ0n) is 14.7. The van der Waals surface area contributed by atoms with Crippen LogP contribution in [0.15, 0.2) is 29.3 Å². The van der Waals surface area contributed by atoms with Crippen LogP contribution in [0.25, 0.3) is 0 Å². The Bertz CT molecular complexity index is 471. The third-order valence-corrected chi connectivity index (χ3v) is 3.47. The SMILES string of the molecule is CN=C(NCC(C)C)NCC(c1cccc(OC)c1)N(C)C. The van der Waals surface area contributed by atoms with E-state index in [1.165, 1.54) is 5.56 Å². The summed E-state index contributed by atoms with van der Waals surface area (Å²) in [4.78, 5) is 6.46. The summed E-state index contributed by atoms with van der Waals surface area (Å²) in [5.74, 6) is 2.30. The number of hydrogen-bond acceptors (Lipinski definition) is 3. The predicted octanol–water partition coefficient (Wildman–Crippen LogP) is 2.12. The molecule has 0 heterocycles. The maximum atomic E-state index is 5.32. The Morgan fingerprint density at radius 2 is 1.91 bits per heavy atom. The van der Waals surface area contributed by atoms with Gasteiger partial charge in [-0.25, -0.2) is 0 Å². The fourth-order valence-electron chi connectivity index (χ4n) is 2.16. The van der Waals surface area contributed by atoms with Gasteiger partial charge in [0.2, 0.25) is 0 Å². The lowest BCUT2D eigenvalue weighted by molar-refractivity contribution is 0.297. The smallest absolute Gasteiger partial charge is 0.191 e. The second-order valence-electron chi connectivity index (χ2n) is 5.98. The van der Waals surface area contributed by atoms with Gasteiger partial charge in [0.05, 0.1) is 13.2 Å². The van der Waals surface area contributed by atoms with Crippen molar-refractivity contribution >= 4 is 5.96 Å². The molecule has 2 N–H and O–H groups in total. The Morgan fingerprint density at radius 3 is 2.45 bits per heavy atom. The third-order valence-electron chi connectivity index (χ3n) is 3.47. The van der Waals surface area contributed by atoms with Crippen molar-refractivity contribution in [1.29, 1.82) is 0 Å². The second-order valence-corrected chi connectivity index (χ2v) is 5.98. The largest absolute Gasteiger partial charge is 0.497 e. The molecule has 0 spiro atoms. The highest BCUT2D eigenvalue weighted by molar-refractivity contribution is 5.79. The molecular weight excluding hydrogens is 276 g/mol. The van der Waals surface area contributed by atoms with Gasteiger partial charge >= 0.3 is 0 Å². The van der Waals surface area contributed by atoms with E-state index in [4.69, 9.17) is 4.74 Å². The van der Waals surface area contributed by atoms with Gasteiger partial charge in [-0.15, -0.1) is 0 Å². The first kappa shape index (κ1) is 18.3. The van der Waals surface area contributed by atoms with Crippen molar-refractivity contribution in [2.75, 3.05) is 41.3 Å². The molecule has 0 aromatic heterocycles. The van der Waals surface area contributed by atoms with Crippen molar-refractivity contribution in [3.63, 3.8) is 0 Å². The summed E-state index contributed by atoms with van der Waals surface area (Å²) in [6, 6.07) is 8.44. The van der Waals surface area contributed by atoms with E-state index in [1.807, 2.05) is 12.1 Å². The predicted molar refractivity (Wildman–Crippen MR) is 93.6 cm³/mol. The van der Waals surface area contributed by atoms with Gasteiger partial charge in [-0.3, -0.25) is 4.99 Å². The Labute approximate surface area is 134 Å². The van der Waals surface area contributed by atoms with E-state index in [2.05, 4.69) is 60.6 Å². The Balaban J connectivity index is 2.71. The molecule has 0 saturated heterocycles. The van der Waals surface area contributed by atoms with Gasteiger partial charge in [-0.2, -0.15) is 0 Å². The zero-order chi connectivity index (χ0) is 16.5. The zero-order valence-corrected chi connectivity index (χ0v) is 14.7. The minimum atomic E-state index is 0.243. The van der Waals surface area contributed by atoms with Crippen LogP contribution in [0.3, 0.4) is 0 Å². The van der Waals surface area contributed by atoms with E-state index in [0.29, 0.717) is 5.92 Å². The van der Waals surface area contributed by atoms with E-state index in [9.17, 15) is 0 Å². The molecule has 0 amide bonds. The number of rotatable bonds is 7. The monoisotopic (exact) mass is 306 g/mol. The van der Waals surface area contributed by atoms with E-state index in [0.717, 1.165) is 24.8 Å². The quantitative estimate of drug-likeness (QED) is 0.598. The minimum Gasteiger partial charge on any atom is -0.497 e. The number of guanidine groups is 1. The summed E-state index contributed by atoms with van der Waals surface area (Å²) in [6.07, 6.45) is 0. The van der Waals surface area contributed by atoms with Gasteiger partial charge in [0, 0.05) is 20.1 Å². The molecule has 5 heteroatoms. The van der Waals surface area contributed by atoms with E-state index in [-0.39, 0.29) is 6.04 Å². The molecule has 0 saturated carbocycles. The number of benzene rings is 1. The van der Waals surface area contributed by atoms with Gasteiger partial charge in [0.1, 0.15) is 5.75 Å². The van der Waals surface area contributed by atoms with Crippen LogP contribution in [-0.4, -0.2) is 52.2 Å². The van der Waals surface area contributed by atoms with Crippen LogP contribution in [0.5, 0.6) is 5.75 Å². The first-order valence-electron chi connectivity index (χ1n) is 7.72. The number of hydrogen-bond donors (Lipinski definition) is 2. The van der Waals surface area contributed by atoms with Crippen LogP contribution in [0.4, 0.5) is 0 Å². The van der Waals surface area contributed by atoms with Crippen LogP contribution in [0.1, 0.15) is 25.5 Å². The van der Waals surface area contributed by atoms with Gasteiger partial charge in [-0.1, -0.05) is 26.0 Å². The number of nitrogens with zero attached hydrogens (tertiary/aromatic N) is 2. The molecule has 1 rings (SSSR count). The van der Waals surface area contributed by atoms with Crippen molar-refractivity contribution in [1.82, 2.24) is 15.5 Å². The highest BCUT2D eigenvalue weighted by Gasteiger charge is 2.15. The van der Waals surface area contributed by atoms with E-state index in [1.54, 1.807) is 14.2 Å². The Kier molecular flexibility index (Phi) is 7.74. The summed E-state index contributed by atoms with van der Waals surface area (Å²) in [7, 11) is 7.65. The maximum Gasteiger partial charge on any atom is 0.191 e. The van der Waals surface area contributed by atoms with Crippen LogP contribution < -0.4 is 15.4 Å². The summed E-state index contributed by atoms with van der Waals surface area (Å²) >= 11 is 0. The fourth-order valence-corrected chi connectivity index (χ4v) is 2.16.